The first-order valence-corrected chi connectivity index (χ1v) is 9.37. The van der Waals surface area contributed by atoms with Crippen molar-refractivity contribution in [3.63, 3.8) is 0 Å². The molecule has 2 amide bonds. The van der Waals surface area contributed by atoms with Gasteiger partial charge in [-0.05, 0) is 31.9 Å². The molecule has 0 spiro atoms. The van der Waals surface area contributed by atoms with Gasteiger partial charge in [0.2, 0.25) is 0 Å². The molecule has 0 saturated carbocycles. The van der Waals surface area contributed by atoms with E-state index in [0.29, 0.717) is 6.54 Å². The number of carbonyl (C=O) groups excluding carboxylic acids is 1. The molecule has 2 atom stereocenters. The Morgan fingerprint density at radius 1 is 1.20 bits per heavy atom. The molecule has 1 aromatic carbocycles. The van der Waals surface area contributed by atoms with E-state index in [0.717, 1.165) is 52.1 Å². The number of piperidine rings is 1. The SMILES string of the molecule is C[C@@H](CN1CCN(c2ccccc2)CC1)NC(=O)N1CCC[C@H](O)C1. The second-order valence-corrected chi connectivity index (χ2v) is 7.22. The van der Waals surface area contributed by atoms with Crippen LogP contribution in [0.15, 0.2) is 30.3 Å². The standard InChI is InChI=1S/C19H30N4O2/c1-16(20-19(25)23-9-5-8-18(24)15-23)14-21-10-12-22(13-11-21)17-6-3-2-4-7-17/h2-4,6-7,16,18,24H,5,8-15H2,1H3,(H,20,25)/t16-,18-/m0/s1. The highest BCUT2D eigenvalue weighted by molar-refractivity contribution is 5.74. The zero-order valence-corrected chi connectivity index (χ0v) is 15.1. The molecule has 2 aliphatic rings. The number of aliphatic hydroxyl groups is 1. The molecule has 0 radical (unpaired) electrons. The second-order valence-electron chi connectivity index (χ2n) is 7.22. The molecule has 0 aliphatic carbocycles. The smallest absolute Gasteiger partial charge is 0.317 e. The maximum Gasteiger partial charge on any atom is 0.317 e. The monoisotopic (exact) mass is 346 g/mol. The Kier molecular flexibility index (Phi) is 6.15. The highest BCUT2D eigenvalue weighted by atomic mass is 16.3. The molecular weight excluding hydrogens is 316 g/mol. The molecule has 138 valence electrons. The molecule has 1 aromatic rings. The summed E-state index contributed by atoms with van der Waals surface area (Å²) in [6.45, 7) is 8.17. The number of anilines is 1. The van der Waals surface area contributed by atoms with Crippen LogP contribution in [0.25, 0.3) is 0 Å². The van der Waals surface area contributed by atoms with E-state index in [1.165, 1.54) is 5.69 Å². The van der Waals surface area contributed by atoms with E-state index >= 15 is 0 Å². The topological polar surface area (TPSA) is 59.0 Å². The Labute approximate surface area is 150 Å². The minimum Gasteiger partial charge on any atom is -0.391 e. The predicted octanol–water partition coefficient (Wildman–Crippen LogP) is 1.36. The third-order valence-corrected chi connectivity index (χ3v) is 5.08. The summed E-state index contributed by atoms with van der Waals surface area (Å²) in [4.78, 5) is 18.9. The molecule has 2 N–H and O–H groups in total. The van der Waals surface area contributed by atoms with Crippen molar-refractivity contribution < 1.29 is 9.90 Å². The van der Waals surface area contributed by atoms with Crippen LogP contribution in [-0.2, 0) is 0 Å². The molecule has 2 heterocycles. The number of rotatable bonds is 4. The van der Waals surface area contributed by atoms with Crippen molar-refractivity contribution in [1.82, 2.24) is 15.1 Å². The van der Waals surface area contributed by atoms with Crippen molar-refractivity contribution in [3.8, 4) is 0 Å². The fraction of sp³-hybridized carbons (Fsp3) is 0.632. The fourth-order valence-corrected chi connectivity index (χ4v) is 3.70. The third-order valence-electron chi connectivity index (χ3n) is 5.08. The number of piperazine rings is 1. The first-order chi connectivity index (χ1) is 12.1. The predicted molar refractivity (Wildman–Crippen MR) is 99.9 cm³/mol. The number of hydrogen-bond acceptors (Lipinski definition) is 4. The van der Waals surface area contributed by atoms with Crippen LogP contribution in [-0.4, -0.2) is 78.9 Å². The number of nitrogens with one attached hydrogen (secondary N) is 1. The fourth-order valence-electron chi connectivity index (χ4n) is 3.70. The molecule has 6 heteroatoms. The number of hydrogen-bond donors (Lipinski definition) is 2. The summed E-state index contributed by atoms with van der Waals surface area (Å²) in [5.41, 5.74) is 1.28. The van der Waals surface area contributed by atoms with Crippen LogP contribution < -0.4 is 10.2 Å². The number of nitrogens with zero attached hydrogens (tertiary/aromatic N) is 3. The Morgan fingerprint density at radius 2 is 1.92 bits per heavy atom. The molecule has 0 bridgehead atoms. The average molecular weight is 346 g/mol. The quantitative estimate of drug-likeness (QED) is 0.864. The molecular formula is C19H30N4O2. The maximum atomic E-state index is 12.3. The van der Waals surface area contributed by atoms with Crippen LogP contribution in [0.5, 0.6) is 0 Å². The first kappa shape index (κ1) is 18.0. The van der Waals surface area contributed by atoms with Gasteiger partial charge in [-0.2, -0.15) is 0 Å². The van der Waals surface area contributed by atoms with Crippen LogP contribution in [0.3, 0.4) is 0 Å². The summed E-state index contributed by atoms with van der Waals surface area (Å²) in [7, 11) is 0. The van der Waals surface area contributed by atoms with E-state index in [1.807, 2.05) is 6.07 Å². The normalized spacial score (nSPS) is 23.4. The van der Waals surface area contributed by atoms with E-state index in [1.54, 1.807) is 4.90 Å². The summed E-state index contributed by atoms with van der Waals surface area (Å²) in [5, 5.41) is 12.8. The maximum absolute atomic E-state index is 12.3. The van der Waals surface area contributed by atoms with Gasteiger partial charge in [0.1, 0.15) is 0 Å². The van der Waals surface area contributed by atoms with Gasteiger partial charge < -0.3 is 20.2 Å². The third kappa shape index (κ3) is 5.09. The Morgan fingerprint density at radius 3 is 2.60 bits per heavy atom. The summed E-state index contributed by atoms with van der Waals surface area (Å²) in [6.07, 6.45) is 1.30. The largest absolute Gasteiger partial charge is 0.391 e. The lowest BCUT2D eigenvalue weighted by molar-refractivity contribution is 0.0828. The minimum absolute atomic E-state index is 0.0471. The first-order valence-electron chi connectivity index (χ1n) is 9.37. The van der Waals surface area contributed by atoms with Gasteiger partial charge in [-0.25, -0.2) is 4.79 Å². The van der Waals surface area contributed by atoms with Crippen molar-refractivity contribution in [2.75, 3.05) is 50.7 Å². The molecule has 2 aliphatic heterocycles. The lowest BCUT2D eigenvalue weighted by atomic mass is 10.1. The van der Waals surface area contributed by atoms with Crippen LogP contribution in [0.1, 0.15) is 19.8 Å². The number of benzene rings is 1. The van der Waals surface area contributed by atoms with Gasteiger partial charge in [-0.1, -0.05) is 18.2 Å². The van der Waals surface area contributed by atoms with Crippen LogP contribution >= 0.6 is 0 Å². The van der Waals surface area contributed by atoms with E-state index in [-0.39, 0.29) is 18.2 Å². The van der Waals surface area contributed by atoms with Gasteiger partial charge in [0, 0.05) is 57.5 Å². The number of β-amino-alcohol motifs (C(OH)–C–C–N with tert-alkyl or cyclic N) is 1. The van der Waals surface area contributed by atoms with Crippen molar-refractivity contribution >= 4 is 11.7 Å². The van der Waals surface area contributed by atoms with E-state index < -0.39 is 0 Å². The highest BCUT2D eigenvalue weighted by Gasteiger charge is 2.24. The van der Waals surface area contributed by atoms with Crippen molar-refractivity contribution in [1.29, 1.82) is 0 Å². The Hall–Kier alpha value is -1.79. The summed E-state index contributed by atoms with van der Waals surface area (Å²) in [6, 6.07) is 10.6. The van der Waals surface area contributed by atoms with Gasteiger partial charge in [0.25, 0.3) is 0 Å². The summed E-state index contributed by atoms with van der Waals surface area (Å²) >= 11 is 0. The molecule has 0 unspecified atom stereocenters. The van der Waals surface area contributed by atoms with E-state index in [9.17, 15) is 9.90 Å². The molecule has 0 aromatic heterocycles. The number of para-hydroxylation sites is 1. The van der Waals surface area contributed by atoms with Crippen molar-refractivity contribution in [2.24, 2.45) is 0 Å². The van der Waals surface area contributed by atoms with E-state index in [2.05, 4.69) is 46.3 Å². The van der Waals surface area contributed by atoms with Gasteiger partial charge >= 0.3 is 6.03 Å². The lowest BCUT2D eigenvalue weighted by Gasteiger charge is -2.37. The van der Waals surface area contributed by atoms with Crippen LogP contribution in [0.2, 0.25) is 0 Å². The van der Waals surface area contributed by atoms with E-state index in [4.69, 9.17) is 0 Å². The number of urea groups is 1. The van der Waals surface area contributed by atoms with Gasteiger partial charge in [-0.15, -0.1) is 0 Å². The lowest BCUT2D eigenvalue weighted by Crippen LogP contribution is -2.54. The molecule has 6 nitrogen and oxygen atoms in total. The summed E-state index contributed by atoms with van der Waals surface area (Å²) < 4.78 is 0. The van der Waals surface area contributed by atoms with Gasteiger partial charge in [-0.3, -0.25) is 4.90 Å². The van der Waals surface area contributed by atoms with Crippen molar-refractivity contribution in [3.05, 3.63) is 30.3 Å². The van der Waals surface area contributed by atoms with Gasteiger partial charge in [0.15, 0.2) is 0 Å². The number of carbonyl (C=O) groups is 1. The Balaban J connectivity index is 1.40. The second kappa shape index (κ2) is 8.54. The van der Waals surface area contributed by atoms with Crippen LogP contribution in [0.4, 0.5) is 10.5 Å². The number of aliphatic hydroxyl groups excluding tert-OH is 1. The highest BCUT2D eigenvalue weighted by Crippen LogP contribution is 2.15. The zero-order chi connectivity index (χ0) is 17.6. The summed E-state index contributed by atoms with van der Waals surface area (Å²) in [5.74, 6) is 0. The minimum atomic E-state index is -0.374. The average Bonchev–Trinajstić information content (AvgIpc) is 2.63. The molecule has 25 heavy (non-hydrogen) atoms. The molecule has 3 rings (SSSR count). The van der Waals surface area contributed by atoms with Crippen LogP contribution in [0, 0.1) is 0 Å². The van der Waals surface area contributed by atoms with Crippen molar-refractivity contribution in [2.45, 2.75) is 31.9 Å². The van der Waals surface area contributed by atoms with Gasteiger partial charge in [0.05, 0.1) is 6.10 Å². The number of amides is 2. The zero-order valence-electron chi connectivity index (χ0n) is 15.1. The number of likely N-dealkylation sites (tertiary alicyclic amines) is 1. The molecule has 2 saturated heterocycles. The Bertz CT molecular complexity index is 546. The molecule has 2 fully saturated rings.